The Bertz CT molecular complexity index is 549. The van der Waals surface area contributed by atoms with Gasteiger partial charge >= 0.3 is 6.18 Å². The highest BCUT2D eigenvalue weighted by Crippen LogP contribution is 2.20. The minimum absolute atomic E-state index is 0.0639. The summed E-state index contributed by atoms with van der Waals surface area (Å²) in [5.41, 5.74) is 2.68. The van der Waals surface area contributed by atoms with Crippen LogP contribution in [0.1, 0.15) is 24.5 Å². The third-order valence-corrected chi connectivity index (χ3v) is 4.12. The maximum Gasteiger partial charge on any atom is 0.411 e. The summed E-state index contributed by atoms with van der Waals surface area (Å²) < 4.78 is 40.2. The molecular weight excluding hydrogens is 321 g/mol. The SMILES string of the molecule is CC(CNC(=O)CCOCC(F)(F)F)N1CCc2ccccc2C1. The number of nitrogens with one attached hydrogen (secondary N) is 1. The highest BCUT2D eigenvalue weighted by atomic mass is 19.4. The molecule has 1 aliphatic rings. The third-order valence-electron chi connectivity index (χ3n) is 4.12. The second kappa shape index (κ2) is 8.48. The molecule has 1 aliphatic heterocycles. The maximum atomic E-state index is 11.9. The van der Waals surface area contributed by atoms with Gasteiger partial charge in [-0.1, -0.05) is 24.3 Å². The second-order valence-electron chi connectivity index (χ2n) is 6.06. The molecule has 0 radical (unpaired) electrons. The van der Waals surface area contributed by atoms with E-state index in [1.54, 1.807) is 0 Å². The van der Waals surface area contributed by atoms with Gasteiger partial charge in [0.15, 0.2) is 0 Å². The van der Waals surface area contributed by atoms with Gasteiger partial charge in [-0.25, -0.2) is 0 Å². The molecule has 1 atom stereocenters. The van der Waals surface area contributed by atoms with Gasteiger partial charge < -0.3 is 10.1 Å². The predicted octanol–water partition coefficient (Wildman–Crippen LogP) is 2.52. The number of hydrogen-bond acceptors (Lipinski definition) is 3. The van der Waals surface area contributed by atoms with Crippen LogP contribution in [0.5, 0.6) is 0 Å². The van der Waals surface area contributed by atoms with Crippen LogP contribution in [-0.2, 0) is 22.5 Å². The van der Waals surface area contributed by atoms with Crippen molar-refractivity contribution in [2.24, 2.45) is 0 Å². The Morgan fingerprint density at radius 3 is 2.75 bits per heavy atom. The average molecular weight is 344 g/mol. The van der Waals surface area contributed by atoms with Crippen molar-refractivity contribution in [1.82, 2.24) is 10.2 Å². The van der Waals surface area contributed by atoms with Gasteiger partial charge in [0.2, 0.25) is 5.91 Å². The Kier molecular flexibility index (Phi) is 6.62. The van der Waals surface area contributed by atoms with E-state index in [2.05, 4.69) is 27.1 Å². The van der Waals surface area contributed by atoms with Crippen molar-refractivity contribution >= 4 is 5.91 Å². The molecule has 0 aromatic heterocycles. The highest BCUT2D eigenvalue weighted by molar-refractivity contribution is 5.75. The lowest BCUT2D eigenvalue weighted by Gasteiger charge is -2.33. The summed E-state index contributed by atoms with van der Waals surface area (Å²) in [7, 11) is 0. The van der Waals surface area contributed by atoms with Crippen LogP contribution in [0.3, 0.4) is 0 Å². The number of nitrogens with zero attached hydrogens (tertiary/aromatic N) is 1. The molecule has 1 unspecified atom stereocenters. The number of alkyl halides is 3. The van der Waals surface area contributed by atoms with Crippen LogP contribution in [-0.4, -0.2) is 49.3 Å². The number of carbonyl (C=O) groups is 1. The summed E-state index contributed by atoms with van der Waals surface area (Å²) in [6.45, 7) is 2.75. The van der Waals surface area contributed by atoms with Gasteiger partial charge in [-0.05, 0) is 24.5 Å². The standard InChI is InChI=1S/C17H23F3N2O2/c1-13(10-21-16(23)7-9-24-12-17(18,19)20)22-8-6-14-4-2-3-5-15(14)11-22/h2-5,13H,6-12H2,1H3,(H,21,23). The second-order valence-corrected chi connectivity index (χ2v) is 6.06. The zero-order chi connectivity index (χ0) is 17.6. The van der Waals surface area contributed by atoms with Gasteiger partial charge in [-0.3, -0.25) is 9.69 Å². The number of halogens is 3. The Labute approximate surface area is 140 Å². The topological polar surface area (TPSA) is 41.6 Å². The van der Waals surface area contributed by atoms with Crippen LogP contribution >= 0.6 is 0 Å². The lowest BCUT2D eigenvalue weighted by Crippen LogP contribution is -2.44. The molecule has 0 saturated heterocycles. The molecule has 134 valence electrons. The van der Waals surface area contributed by atoms with Crippen LogP contribution in [0.2, 0.25) is 0 Å². The minimum atomic E-state index is -4.35. The molecule has 1 aromatic carbocycles. The Morgan fingerprint density at radius 1 is 1.33 bits per heavy atom. The minimum Gasteiger partial charge on any atom is -0.372 e. The first kappa shape index (κ1) is 18.7. The monoisotopic (exact) mass is 344 g/mol. The molecular formula is C17H23F3N2O2. The summed E-state index contributed by atoms with van der Waals surface area (Å²) in [5, 5.41) is 2.76. The predicted molar refractivity (Wildman–Crippen MR) is 84.5 cm³/mol. The fourth-order valence-electron chi connectivity index (χ4n) is 2.73. The molecule has 1 N–H and O–H groups in total. The summed E-state index contributed by atoms with van der Waals surface area (Å²) in [4.78, 5) is 14.0. The Hall–Kier alpha value is -1.60. The summed E-state index contributed by atoms with van der Waals surface area (Å²) in [6, 6.07) is 8.48. The van der Waals surface area contributed by atoms with Crippen molar-refractivity contribution in [3.05, 3.63) is 35.4 Å². The van der Waals surface area contributed by atoms with Crippen molar-refractivity contribution in [3.8, 4) is 0 Å². The van der Waals surface area contributed by atoms with E-state index in [0.29, 0.717) is 6.54 Å². The molecule has 0 aliphatic carbocycles. The number of carbonyl (C=O) groups excluding carboxylic acids is 1. The largest absolute Gasteiger partial charge is 0.411 e. The molecule has 0 fully saturated rings. The fraction of sp³-hybridized carbons (Fsp3) is 0.588. The van der Waals surface area contributed by atoms with Crippen LogP contribution in [0.4, 0.5) is 13.2 Å². The van der Waals surface area contributed by atoms with Crippen LogP contribution in [0.15, 0.2) is 24.3 Å². The molecule has 0 bridgehead atoms. The van der Waals surface area contributed by atoms with E-state index >= 15 is 0 Å². The molecule has 4 nitrogen and oxygen atoms in total. The van der Waals surface area contributed by atoms with E-state index < -0.39 is 12.8 Å². The number of ether oxygens (including phenoxy) is 1. The molecule has 0 spiro atoms. The van der Waals surface area contributed by atoms with Gasteiger partial charge in [0, 0.05) is 32.1 Å². The van der Waals surface area contributed by atoms with E-state index in [-0.39, 0.29) is 25.0 Å². The molecule has 0 saturated carbocycles. The van der Waals surface area contributed by atoms with E-state index in [1.807, 2.05) is 19.1 Å². The first-order valence-electron chi connectivity index (χ1n) is 8.07. The number of hydrogen-bond donors (Lipinski definition) is 1. The Balaban J connectivity index is 1.66. The van der Waals surface area contributed by atoms with Gasteiger partial charge in [0.1, 0.15) is 6.61 Å². The van der Waals surface area contributed by atoms with Crippen molar-refractivity contribution in [2.45, 2.75) is 38.5 Å². The van der Waals surface area contributed by atoms with Crippen molar-refractivity contribution < 1.29 is 22.7 Å². The fourth-order valence-corrected chi connectivity index (χ4v) is 2.73. The van der Waals surface area contributed by atoms with Crippen LogP contribution in [0, 0.1) is 0 Å². The van der Waals surface area contributed by atoms with Crippen LogP contribution < -0.4 is 5.32 Å². The summed E-state index contributed by atoms with van der Waals surface area (Å²) in [5.74, 6) is -0.290. The maximum absolute atomic E-state index is 11.9. The Morgan fingerprint density at radius 2 is 2.04 bits per heavy atom. The molecule has 1 heterocycles. The molecule has 24 heavy (non-hydrogen) atoms. The van der Waals surface area contributed by atoms with Crippen molar-refractivity contribution in [2.75, 3.05) is 26.3 Å². The molecule has 1 aromatic rings. The van der Waals surface area contributed by atoms with Gasteiger partial charge in [-0.15, -0.1) is 0 Å². The third kappa shape index (κ3) is 6.13. The van der Waals surface area contributed by atoms with E-state index in [1.165, 1.54) is 11.1 Å². The van der Waals surface area contributed by atoms with E-state index in [4.69, 9.17) is 0 Å². The zero-order valence-corrected chi connectivity index (χ0v) is 13.7. The number of amides is 1. The van der Waals surface area contributed by atoms with E-state index in [0.717, 1.165) is 19.5 Å². The van der Waals surface area contributed by atoms with Crippen molar-refractivity contribution in [1.29, 1.82) is 0 Å². The molecule has 1 amide bonds. The highest BCUT2D eigenvalue weighted by Gasteiger charge is 2.27. The van der Waals surface area contributed by atoms with Crippen molar-refractivity contribution in [3.63, 3.8) is 0 Å². The first-order valence-corrected chi connectivity index (χ1v) is 8.07. The summed E-state index contributed by atoms with van der Waals surface area (Å²) >= 11 is 0. The number of fused-ring (bicyclic) bond motifs is 1. The van der Waals surface area contributed by atoms with Crippen LogP contribution in [0.25, 0.3) is 0 Å². The van der Waals surface area contributed by atoms with Gasteiger partial charge in [-0.2, -0.15) is 13.2 Å². The van der Waals surface area contributed by atoms with Gasteiger partial charge in [0.05, 0.1) is 6.61 Å². The first-order chi connectivity index (χ1) is 11.3. The smallest absolute Gasteiger partial charge is 0.372 e. The molecule has 2 rings (SSSR count). The lowest BCUT2D eigenvalue weighted by atomic mass is 9.99. The van der Waals surface area contributed by atoms with Gasteiger partial charge in [0.25, 0.3) is 0 Å². The number of benzene rings is 1. The quantitative estimate of drug-likeness (QED) is 0.773. The average Bonchev–Trinajstić information content (AvgIpc) is 2.55. The zero-order valence-electron chi connectivity index (χ0n) is 13.7. The molecule has 7 heteroatoms. The number of rotatable bonds is 7. The normalized spacial score (nSPS) is 16.5. The summed E-state index contributed by atoms with van der Waals surface area (Å²) in [6.07, 6.45) is -3.43. The van der Waals surface area contributed by atoms with E-state index in [9.17, 15) is 18.0 Å². The lowest BCUT2D eigenvalue weighted by molar-refractivity contribution is -0.174.